The highest BCUT2D eigenvalue weighted by Crippen LogP contribution is 2.60. The van der Waals surface area contributed by atoms with E-state index in [0.717, 1.165) is 19.3 Å². The van der Waals surface area contributed by atoms with Crippen molar-refractivity contribution in [2.75, 3.05) is 26.0 Å². The van der Waals surface area contributed by atoms with Crippen LogP contribution in [0.15, 0.2) is 24.3 Å². The van der Waals surface area contributed by atoms with Gasteiger partial charge >= 0.3 is 5.97 Å². The Morgan fingerprint density at radius 1 is 1.00 bits per heavy atom. The number of esters is 1. The summed E-state index contributed by atoms with van der Waals surface area (Å²) in [6.07, 6.45) is 6.58. The molecule has 1 aromatic carbocycles. The zero-order chi connectivity index (χ0) is 19.9. The SMILES string of the molecule is CN(C)C(=O)c1ccc(NC(=O)COC(=O)C23CC4CC(CC(C4)C2)C3)cc1. The highest BCUT2D eigenvalue weighted by atomic mass is 16.5. The smallest absolute Gasteiger partial charge is 0.312 e. The van der Waals surface area contributed by atoms with Gasteiger partial charge in [-0.3, -0.25) is 14.4 Å². The number of rotatable bonds is 5. The van der Waals surface area contributed by atoms with Gasteiger partial charge < -0.3 is 15.0 Å². The summed E-state index contributed by atoms with van der Waals surface area (Å²) >= 11 is 0. The molecule has 4 aliphatic carbocycles. The maximum Gasteiger partial charge on any atom is 0.312 e. The molecule has 6 nitrogen and oxygen atoms in total. The third-order valence-electron chi connectivity index (χ3n) is 6.63. The van der Waals surface area contributed by atoms with Crippen molar-refractivity contribution in [3.63, 3.8) is 0 Å². The molecule has 1 aromatic rings. The molecule has 0 unspecified atom stereocenters. The predicted molar refractivity (Wildman–Crippen MR) is 105 cm³/mol. The van der Waals surface area contributed by atoms with E-state index in [-0.39, 0.29) is 29.8 Å². The summed E-state index contributed by atoms with van der Waals surface area (Å²) in [5.74, 6) is 1.35. The minimum atomic E-state index is -0.357. The standard InChI is InChI=1S/C22H28N2O4/c1-24(2)20(26)17-3-5-18(6-4-17)23-19(25)13-28-21(27)22-10-14-7-15(11-22)9-16(8-14)12-22/h3-6,14-16H,7-13H2,1-2H3,(H,23,25). The van der Waals surface area contributed by atoms with E-state index in [2.05, 4.69) is 5.32 Å². The van der Waals surface area contributed by atoms with Gasteiger partial charge in [-0.25, -0.2) is 0 Å². The summed E-state index contributed by atoms with van der Waals surface area (Å²) in [5.41, 5.74) is 0.783. The number of benzene rings is 1. The lowest BCUT2D eigenvalue weighted by Crippen LogP contribution is -2.50. The molecule has 0 heterocycles. The normalized spacial score (nSPS) is 30.0. The molecule has 5 rings (SSSR count). The molecule has 4 aliphatic rings. The van der Waals surface area contributed by atoms with Crippen LogP contribution in [0.5, 0.6) is 0 Å². The van der Waals surface area contributed by atoms with Crippen LogP contribution in [-0.4, -0.2) is 43.4 Å². The Hall–Kier alpha value is -2.37. The first-order valence-corrected chi connectivity index (χ1v) is 10.1. The molecule has 2 amide bonds. The molecule has 0 atom stereocenters. The van der Waals surface area contributed by atoms with Crippen LogP contribution in [0.3, 0.4) is 0 Å². The van der Waals surface area contributed by atoms with Gasteiger partial charge in [0.15, 0.2) is 6.61 Å². The van der Waals surface area contributed by atoms with Gasteiger partial charge in [0, 0.05) is 25.3 Å². The molecule has 150 valence electrons. The van der Waals surface area contributed by atoms with Crippen molar-refractivity contribution in [2.45, 2.75) is 38.5 Å². The lowest BCUT2D eigenvalue weighted by Gasteiger charge is -2.55. The second-order valence-corrected chi connectivity index (χ2v) is 9.10. The van der Waals surface area contributed by atoms with Crippen molar-refractivity contribution in [3.05, 3.63) is 29.8 Å². The first-order chi connectivity index (χ1) is 13.3. The first kappa shape index (κ1) is 19.0. The van der Waals surface area contributed by atoms with Gasteiger partial charge in [0.2, 0.25) is 0 Å². The van der Waals surface area contributed by atoms with Gasteiger partial charge in [-0.15, -0.1) is 0 Å². The fourth-order valence-corrected chi connectivity index (χ4v) is 5.80. The summed E-state index contributed by atoms with van der Waals surface area (Å²) < 4.78 is 5.44. The molecule has 0 saturated heterocycles. The number of hydrogen-bond donors (Lipinski definition) is 1. The molecule has 1 N–H and O–H groups in total. The fourth-order valence-electron chi connectivity index (χ4n) is 5.80. The second kappa shape index (κ2) is 7.22. The van der Waals surface area contributed by atoms with Gasteiger partial charge in [-0.05, 0) is 80.5 Å². The summed E-state index contributed by atoms with van der Waals surface area (Å²) in [7, 11) is 3.38. The van der Waals surface area contributed by atoms with Crippen LogP contribution in [0.2, 0.25) is 0 Å². The Kier molecular flexibility index (Phi) is 4.89. The summed E-state index contributed by atoms with van der Waals surface area (Å²) in [6.45, 7) is -0.265. The van der Waals surface area contributed by atoms with E-state index in [1.54, 1.807) is 38.4 Å². The van der Waals surface area contributed by atoms with Gasteiger partial charge in [0.05, 0.1) is 5.41 Å². The van der Waals surface area contributed by atoms with Crippen molar-refractivity contribution in [2.24, 2.45) is 23.2 Å². The average Bonchev–Trinajstić information content (AvgIpc) is 2.65. The number of carbonyl (C=O) groups is 3. The summed E-state index contributed by atoms with van der Waals surface area (Å²) in [4.78, 5) is 38.4. The van der Waals surface area contributed by atoms with Crippen LogP contribution in [0.25, 0.3) is 0 Å². The monoisotopic (exact) mass is 384 g/mol. The number of amides is 2. The largest absolute Gasteiger partial charge is 0.455 e. The first-order valence-electron chi connectivity index (χ1n) is 10.1. The molecule has 4 bridgehead atoms. The van der Waals surface area contributed by atoms with E-state index in [1.807, 2.05) is 0 Å². The van der Waals surface area contributed by atoms with E-state index in [4.69, 9.17) is 4.74 Å². The molecule has 0 aliphatic heterocycles. The van der Waals surface area contributed by atoms with Gasteiger partial charge in [-0.2, -0.15) is 0 Å². The molecular formula is C22H28N2O4. The number of nitrogens with one attached hydrogen (secondary N) is 1. The number of nitrogens with zero attached hydrogens (tertiary/aromatic N) is 1. The van der Waals surface area contributed by atoms with Crippen LogP contribution >= 0.6 is 0 Å². The van der Waals surface area contributed by atoms with Crippen LogP contribution in [0.4, 0.5) is 5.69 Å². The summed E-state index contributed by atoms with van der Waals surface area (Å²) in [6, 6.07) is 6.68. The molecule has 28 heavy (non-hydrogen) atoms. The Balaban J connectivity index is 1.30. The zero-order valence-corrected chi connectivity index (χ0v) is 16.6. The second-order valence-electron chi connectivity index (χ2n) is 9.10. The minimum Gasteiger partial charge on any atom is -0.455 e. The van der Waals surface area contributed by atoms with Crippen molar-refractivity contribution in [1.82, 2.24) is 4.90 Å². The minimum absolute atomic E-state index is 0.0950. The van der Waals surface area contributed by atoms with Crippen LogP contribution in [-0.2, 0) is 14.3 Å². The lowest BCUT2D eigenvalue weighted by atomic mass is 9.49. The van der Waals surface area contributed by atoms with Gasteiger partial charge in [0.25, 0.3) is 11.8 Å². The maximum absolute atomic E-state index is 12.8. The quantitative estimate of drug-likeness (QED) is 0.792. The summed E-state index contributed by atoms with van der Waals surface area (Å²) in [5, 5.41) is 2.73. The average molecular weight is 384 g/mol. The predicted octanol–water partition coefficient (Wildman–Crippen LogP) is 3.09. The zero-order valence-electron chi connectivity index (χ0n) is 16.6. The van der Waals surface area contributed by atoms with E-state index < -0.39 is 0 Å². The molecule has 0 radical (unpaired) electrons. The van der Waals surface area contributed by atoms with Crippen LogP contribution < -0.4 is 5.32 Å². The Morgan fingerprint density at radius 3 is 2.04 bits per heavy atom. The van der Waals surface area contributed by atoms with Gasteiger partial charge in [0.1, 0.15) is 0 Å². The molecule has 0 aromatic heterocycles. The van der Waals surface area contributed by atoms with Gasteiger partial charge in [-0.1, -0.05) is 0 Å². The van der Waals surface area contributed by atoms with Crippen molar-refractivity contribution >= 4 is 23.5 Å². The van der Waals surface area contributed by atoms with E-state index >= 15 is 0 Å². The molecule has 4 saturated carbocycles. The number of hydrogen-bond acceptors (Lipinski definition) is 4. The Morgan fingerprint density at radius 2 is 1.54 bits per heavy atom. The molecule has 4 fully saturated rings. The molecule has 6 heteroatoms. The maximum atomic E-state index is 12.8. The van der Waals surface area contributed by atoms with E-state index in [9.17, 15) is 14.4 Å². The highest BCUT2D eigenvalue weighted by Gasteiger charge is 2.55. The molecular weight excluding hydrogens is 356 g/mol. The fraction of sp³-hybridized carbons (Fsp3) is 0.591. The van der Waals surface area contributed by atoms with Crippen LogP contribution in [0.1, 0.15) is 48.9 Å². The van der Waals surface area contributed by atoms with Crippen molar-refractivity contribution < 1.29 is 19.1 Å². The number of ether oxygens (including phenoxy) is 1. The number of anilines is 1. The highest BCUT2D eigenvalue weighted by molar-refractivity contribution is 5.96. The van der Waals surface area contributed by atoms with E-state index in [1.165, 1.54) is 24.2 Å². The topological polar surface area (TPSA) is 75.7 Å². The third kappa shape index (κ3) is 3.64. The molecule has 0 spiro atoms. The van der Waals surface area contributed by atoms with Crippen LogP contribution in [0, 0.1) is 23.2 Å². The lowest BCUT2D eigenvalue weighted by molar-refractivity contribution is -0.172. The van der Waals surface area contributed by atoms with E-state index in [0.29, 0.717) is 29.0 Å². The Labute approximate surface area is 165 Å². The third-order valence-corrected chi connectivity index (χ3v) is 6.63. The van der Waals surface area contributed by atoms with Crippen molar-refractivity contribution in [3.8, 4) is 0 Å². The Bertz CT molecular complexity index is 749. The number of carbonyl (C=O) groups excluding carboxylic acids is 3. The van der Waals surface area contributed by atoms with Crippen molar-refractivity contribution in [1.29, 1.82) is 0 Å².